The zero-order valence-corrected chi connectivity index (χ0v) is 7.79. The SMILES string of the molecule is O=[N+](O)c1cccc(S(=O)(=O)Cl)c1. The molecular formula is C6H5ClNO4S+. The third-order valence-electron chi connectivity index (χ3n) is 1.32. The van der Waals surface area contributed by atoms with Crippen molar-refractivity contribution in [3.05, 3.63) is 29.2 Å². The van der Waals surface area contributed by atoms with E-state index in [1.54, 1.807) is 0 Å². The zero-order chi connectivity index (χ0) is 10.1. The molecule has 5 nitrogen and oxygen atoms in total. The number of hydrogen-bond acceptors (Lipinski definition) is 3. The smallest absolute Gasteiger partial charge is 0.241 e. The molecule has 0 heterocycles. The van der Waals surface area contributed by atoms with Crippen LogP contribution in [0.15, 0.2) is 29.2 Å². The van der Waals surface area contributed by atoms with Gasteiger partial charge in [0.05, 0.1) is 9.80 Å². The van der Waals surface area contributed by atoms with Gasteiger partial charge in [-0.25, -0.2) is 13.6 Å². The number of hydrogen-bond donors (Lipinski definition) is 1. The van der Waals surface area contributed by atoms with Gasteiger partial charge in [-0.2, -0.15) is 0 Å². The molecule has 1 aromatic rings. The van der Waals surface area contributed by atoms with Crippen molar-refractivity contribution in [2.75, 3.05) is 0 Å². The molecule has 70 valence electrons. The van der Waals surface area contributed by atoms with Crippen LogP contribution >= 0.6 is 10.7 Å². The molecule has 0 unspecified atom stereocenters. The van der Waals surface area contributed by atoms with Crippen molar-refractivity contribution in [1.29, 1.82) is 0 Å². The van der Waals surface area contributed by atoms with E-state index in [0.29, 0.717) is 0 Å². The molecule has 0 aliphatic rings. The Morgan fingerprint density at radius 1 is 1.38 bits per heavy atom. The Balaban J connectivity index is 3.29. The van der Waals surface area contributed by atoms with Gasteiger partial charge < -0.3 is 0 Å². The number of benzene rings is 1. The van der Waals surface area contributed by atoms with Gasteiger partial charge in [-0.1, -0.05) is 6.07 Å². The summed E-state index contributed by atoms with van der Waals surface area (Å²) in [4.78, 5) is 9.69. The van der Waals surface area contributed by atoms with Gasteiger partial charge >= 0.3 is 5.69 Å². The minimum absolute atomic E-state index is 0.193. The summed E-state index contributed by atoms with van der Waals surface area (Å²) in [6.07, 6.45) is 0. The lowest BCUT2D eigenvalue weighted by Crippen LogP contribution is -1.95. The van der Waals surface area contributed by atoms with Crippen LogP contribution in [0.1, 0.15) is 0 Å². The van der Waals surface area contributed by atoms with Crippen LogP contribution in [-0.4, -0.2) is 18.5 Å². The van der Waals surface area contributed by atoms with Crippen LogP contribution in [0.3, 0.4) is 0 Å². The number of halogens is 1. The van der Waals surface area contributed by atoms with Gasteiger partial charge in [-0.3, -0.25) is 0 Å². The minimum Gasteiger partial charge on any atom is -0.241 e. The first-order valence-corrected chi connectivity index (χ1v) is 5.43. The molecular weight excluding hydrogens is 218 g/mol. The first kappa shape index (κ1) is 9.94. The van der Waals surface area contributed by atoms with Gasteiger partial charge in [0.2, 0.25) is 0 Å². The Morgan fingerprint density at radius 2 is 2.00 bits per heavy atom. The van der Waals surface area contributed by atoms with Gasteiger partial charge in [0.25, 0.3) is 14.0 Å². The Hall–Kier alpha value is -1.14. The normalized spacial score (nSPS) is 11.2. The van der Waals surface area contributed by atoms with Gasteiger partial charge in [0.15, 0.2) is 0 Å². The highest BCUT2D eigenvalue weighted by Crippen LogP contribution is 2.19. The summed E-state index contributed by atoms with van der Waals surface area (Å²) in [5, 5.41) is 8.45. The molecule has 0 fully saturated rings. The average molecular weight is 223 g/mol. The molecule has 0 saturated heterocycles. The third-order valence-corrected chi connectivity index (χ3v) is 2.67. The van der Waals surface area contributed by atoms with Gasteiger partial charge in [-0.15, -0.1) is 0 Å². The molecule has 0 radical (unpaired) electrons. The maximum Gasteiger partial charge on any atom is 0.317 e. The van der Waals surface area contributed by atoms with E-state index in [1.807, 2.05) is 0 Å². The second-order valence-electron chi connectivity index (χ2n) is 2.21. The lowest BCUT2D eigenvalue weighted by atomic mass is 10.3. The maximum absolute atomic E-state index is 10.8. The predicted octanol–water partition coefficient (Wildman–Crippen LogP) is 1.41. The second kappa shape index (κ2) is 3.31. The van der Waals surface area contributed by atoms with Gasteiger partial charge in [0.1, 0.15) is 0 Å². The molecule has 1 N–H and O–H groups in total. The Bertz CT molecular complexity index is 442. The molecule has 0 atom stereocenters. The van der Waals surface area contributed by atoms with E-state index in [2.05, 4.69) is 0 Å². The topological polar surface area (TPSA) is 74.5 Å². The molecule has 1 rings (SSSR count). The first-order chi connectivity index (χ1) is 5.91. The molecule has 0 aliphatic heterocycles. The predicted molar refractivity (Wildman–Crippen MR) is 44.6 cm³/mol. The fourth-order valence-corrected chi connectivity index (χ4v) is 1.54. The van der Waals surface area contributed by atoms with E-state index in [4.69, 9.17) is 15.9 Å². The van der Waals surface area contributed by atoms with E-state index < -0.39 is 14.0 Å². The Kier molecular flexibility index (Phi) is 2.53. The highest BCUT2D eigenvalue weighted by Gasteiger charge is 2.17. The van der Waals surface area contributed by atoms with E-state index >= 15 is 0 Å². The van der Waals surface area contributed by atoms with Crippen molar-refractivity contribution in [2.24, 2.45) is 0 Å². The number of nitrogens with zero attached hydrogens (tertiary/aromatic N) is 1. The highest BCUT2D eigenvalue weighted by atomic mass is 35.7. The van der Waals surface area contributed by atoms with E-state index in [9.17, 15) is 13.3 Å². The van der Waals surface area contributed by atoms with Crippen molar-refractivity contribution < 1.29 is 18.5 Å². The summed E-state index contributed by atoms with van der Waals surface area (Å²) >= 11 is 0. The van der Waals surface area contributed by atoms with E-state index in [0.717, 1.165) is 6.07 Å². The van der Waals surface area contributed by atoms with Crippen molar-refractivity contribution in [3.8, 4) is 0 Å². The maximum atomic E-state index is 10.8. The molecule has 0 aromatic heterocycles. The van der Waals surface area contributed by atoms with E-state index in [-0.39, 0.29) is 10.6 Å². The molecule has 1 aromatic carbocycles. The lowest BCUT2D eigenvalue weighted by Gasteiger charge is -1.92. The Labute approximate surface area is 78.5 Å². The number of rotatable bonds is 2. The van der Waals surface area contributed by atoms with Crippen LogP contribution in [-0.2, 0) is 9.05 Å². The third kappa shape index (κ3) is 2.40. The van der Waals surface area contributed by atoms with Crippen molar-refractivity contribution in [1.82, 2.24) is 0 Å². The average Bonchev–Trinajstić information content (AvgIpc) is 2.03. The fraction of sp³-hybridized carbons (Fsp3) is 0. The van der Waals surface area contributed by atoms with Crippen molar-refractivity contribution >= 4 is 25.4 Å². The lowest BCUT2D eigenvalue weighted by molar-refractivity contribution is -0.729. The van der Waals surface area contributed by atoms with Crippen LogP contribution < -0.4 is 0 Å². The van der Waals surface area contributed by atoms with Crippen LogP contribution in [0.25, 0.3) is 0 Å². The molecule has 0 spiro atoms. The summed E-state index contributed by atoms with van der Waals surface area (Å²) in [5.74, 6) is 0. The van der Waals surface area contributed by atoms with Gasteiger partial charge in [0, 0.05) is 22.8 Å². The Morgan fingerprint density at radius 3 is 2.46 bits per heavy atom. The standard InChI is InChI=1S/C6H5ClNO4S/c7-13(11,12)6-3-1-2-5(4-6)8(9)10/h1-4H,(H,9,10)/q+1. The van der Waals surface area contributed by atoms with Crippen LogP contribution in [0.2, 0.25) is 0 Å². The van der Waals surface area contributed by atoms with Crippen LogP contribution in [0.5, 0.6) is 0 Å². The summed E-state index contributed by atoms with van der Waals surface area (Å²) in [6, 6.07) is 4.73. The van der Waals surface area contributed by atoms with Gasteiger partial charge in [-0.05, 0) is 6.07 Å². The quantitative estimate of drug-likeness (QED) is 0.607. The summed E-state index contributed by atoms with van der Waals surface area (Å²) in [6.45, 7) is 0. The largest absolute Gasteiger partial charge is 0.317 e. The molecule has 0 amide bonds. The second-order valence-corrected chi connectivity index (χ2v) is 4.77. The first-order valence-electron chi connectivity index (χ1n) is 3.12. The summed E-state index contributed by atoms with van der Waals surface area (Å²) < 4.78 is 21.5. The molecule has 0 bridgehead atoms. The summed E-state index contributed by atoms with van der Waals surface area (Å²) in [7, 11) is 1.14. The minimum atomic E-state index is -3.86. The molecule has 0 saturated carbocycles. The van der Waals surface area contributed by atoms with Crippen molar-refractivity contribution in [3.63, 3.8) is 0 Å². The fourth-order valence-electron chi connectivity index (χ4n) is 0.754. The monoisotopic (exact) mass is 222 g/mol. The van der Waals surface area contributed by atoms with Crippen LogP contribution in [0.4, 0.5) is 5.69 Å². The summed E-state index contributed by atoms with van der Waals surface area (Å²) in [5.41, 5.74) is -0.193. The molecule has 7 heteroatoms. The van der Waals surface area contributed by atoms with E-state index in [1.165, 1.54) is 18.2 Å². The highest BCUT2D eigenvalue weighted by molar-refractivity contribution is 8.13. The van der Waals surface area contributed by atoms with Crippen molar-refractivity contribution in [2.45, 2.75) is 4.90 Å². The zero-order valence-electron chi connectivity index (χ0n) is 6.21. The van der Waals surface area contributed by atoms with Crippen LogP contribution in [0, 0.1) is 4.91 Å². The molecule has 0 aliphatic carbocycles. The molecule has 13 heavy (non-hydrogen) atoms.